The fourth-order valence-corrected chi connectivity index (χ4v) is 2.83. The van der Waals surface area contributed by atoms with Gasteiger partial charge in [0, 0.05) is 6.07 Å². The maximum atomic E-state index is 12.3. The molecule has 5 heteroatoms. The van der Waals surface area contributed by atoms with Crippen molar-refractivity contribution in [3.05, 3.63) is 17.5 Å². The van der Waals surface area contributed by atoms with Gasteiger partial charge >= 0.3 is 0 Å². The van der Waals surface area contributed by atoms with E-state index in [-0.39, 0.29) is 11.9 Å². The second-order valence-electron chi connectivity index (χ2n) is 6.45. The van der Waals surface area contributed by atoms with Crippen LogP contribution in [0.5, 0.6) is 0 Å². The molecule has 118 valence electrons. The predicted molar refractivity (Wildman–Crippen MR) is 81.8 cm³/mol. The molecule has 0 saturated carbocycles. The van der Waals surface area contributed by atoms with Crippen LogP contribution in [0.3, 0.4) is 0 Å². The third-order valence-electron chi connectivity index (χ3n) is 3.99. The van der Waals surface area contributed by atoms with E-state index in [0.717, 1.165) is 37.3 Å². The van der Waals surface area contributed by atoms with Crippen LogP contribution in [-0.2, 0) is 17.8 Å². The molecule has 1 N–H and O–H groups in total. The zero-order valence-electron chi connectivity index (χ0n) is 13.4. The number of hydrogen-bond donors (Lipinski definition) is 1. The van der Waals surface area contributed by atoms with E-state index in [1.165, 1.54) is 12.8 Å². The highest BCUT2D eigenvalue weighted by molar-refractivity contribution is 5.81. The molecule has 2 rings (SSSR count). The molecular formula is C16H27N3O2. The van der Waals surface area contributed by atoms with E-state index in [9.17, 15) is 4.79 Å². The molecule has 21 heavy (non-hydrogen) atoms. The van der Waals surface area contributed by atoms with Gasteiger partial charge in [0.05, 0.1) is 18.3 Å². The van der Waals surface area contributed by atoms with E-state index in [0.29, 0.717) is 12.5 Å². The number of nitrogens with zero attached hydrogens (tertiary/aromatic N) is 2. The first-order valence-corrected chi connectivity index (χ1v) is 7.98. The molecule has 1 atom stereocenters. The average Bonchev–Trinajstić information content (AvgIpc) is 2.75. The van der Waals surface area contributed by atoms with Crippen molar-refractivity contribution >= 4 is 5.91 Å². The average molecular weight is 293 g/mol. The Morgan fingerprint density at radius 3 is 3.05 bits per heavy atom. The van der Waals surface area contributed by atoms with Crippen molar-refractivity contribution in [2.75, 3.05) is 13.6 Å². The molecule has 0 bridgehead atoms. The fraction of sp³-hybridized carbons (Fsp3) is 0.750. The van der Waals surface area contributed by atoms with Gasteiger partial charge in [-0.15, -0.1) is 0 Å². The third-order valence-corrected chi connectivity index (χ3v) is 3.99. The van der Waals surface area contributed by atoms with Crippen molar-refractivity contribution in [1.29, 1.82) is 0 Å². The van der Waals surface area contributed by atoms with Gasteiger partial charge in [-0.05, 0) is 38.8 Å². The number of aromatic nitrogens is 1. The normalized spacial score (nSPS) is 20.5. The van der Waals surface area contributed by atoms with Crippen LogP contribution in [0.2, 0.25) is 0 Å². The number of rotatable bonds is 5. The van der Waals surface area contributed by atoms with Gasteiger partial charge < -0.3 is 9.84 Å². The molecule has 1 aliphatic rings. The van der Waals surface area contributed by atoms with E-state index in [4.69, 9.17) is 4.52 Å². The van der Waals surface area contributed by atoms with Gasteiger partial charge in [0.25, 0.3) is 0 Å². The Labute approximate surface area is 127 Å². The van der Waals surface area contributed by atoms with Crippen LogP contribution in [0.25, 0.3) is 0 Å². The lowest BCUT2D eigenvalue weighted by Crippen LogP contribution is -2.44. The summed E-state index contributed by atoms with van der Waals surface area (Å²) in [7, 11) is 2.03. The number of amides is 1. The minimum absolute atomic E-state index is 0.00874. The molecule has 1 saturated heterocycles. The van der Waals surface area contributed by atoms with Gasteiger partial charge in [-0.3, -0.25) is 9.69 Å². The van der Waals surface area contributed by atoms with Crippen molar-refractivity contribution in [3.63, 3.8) is 0 Å². The van der Waals surface area contributed by atoms with E-state index in [1.54, 1.807) is 0 Å². The van der Waals surface area contributed by atoms with Gasteiger partial charge in [-0.2, -0.15) is 0 Å². The SMILES string of the molecule is CC(C)Cc1cc(CNC(=O)[C@H]2CCCCCN2C)on1. The minimum Gasteiger partial charge on any atom is -0.359 e. The van der Waals surface area contributed by atoms with Crippen LogP contribution in [0, 0.1) is 5.92 Å². The lowest BCUT2D eigenvalue weighted by atomic mass is 10.1. The lowest BCUT2D eigenvalue weighted by Gasteiger charge is -2.24. The van der Waals surface area contributed by atoms with Crippen LogP contribution in [0.1, 0.15) is 51.0 Å². The molecule has 1 aromatic rings. The Bertz CT molecular complexity index is 456. The number of hydrogen-bond acceptors (Lipinski definition) is 4. The predicted octanol–water partition coefficient (Wildman–Crippen LogP) is 2.36. The van der Waals surface area contributed by atoms with E-state index in [2.05, 4.69) is 29.2 Å². The van der Waals surface area contributed by atoms with Gasteiger partial charge in [0.1, 0.15) is 0 Å². The van der Waals surface area contributed by atoms with E-state index in [1.807, 2.05) is 13.1 Å². The fourth-order valence-electron chi connectivity index (χ4n) is 2.83. The Balaban J connectivity index is 1.84. The Kier molecular flexibility index (Phi) is 5.79. The second kappa shape index (κ2) is 7.59. The van der Waals surface area contributed by atoms with Crippen LogP contribution < -0.4 is 5.32 Å². The quantitative estimate of drug-likeness (QED) is 0.905. The maximum Gasteiger partial charge on any atom is 0.237 e. The van der Waals surface area contributed by atoms with Crippen molar-refractivity contribution in [2.24, 2.45) is 5.92 Å². The van der Waals surface area contributed by atoms with Crippen molar-refractivity contribution < 1.29 is 9.32 Å². The Morgan fingerprint density at radius 2 is 2.29 bits per heavy atom. The first-order valence-electron chi connectivity index (χ1n) is 7.98. The molecule has 1 aliphatic heterocycles. The van der Waals surface area contributed by atoms with Crippen LogP contribution in [0.15, 0.2) is 10.6 Å². The van der Waals surface area contributed by atoms with Gasteiger partial charge in [0.2, 0.25) is 5.91 Å². The van der Waals surface area contributed by atoms with Crippen LogP contribution in [0.4, 0.5) is 0 Å². The second-order valence-corrected chi connectivity index (χ2v) is 6.45. The van der Waals surface area contributed by atoms with Gasteiger partial charge in [-0.1, -0.05) is 31.8 Å². The zero-order chi connectivity index (χ0) is 15.2. The van der Waals surface area contributed by atoms with Crippen molar-refractivity contribution in [3.8, 4) is 0 Å². The number of likely N-dealkylation sites (N-methyl/N-ethyl adjacent to an activating group) is 1. The molecule has 0 aliphatic carbocycles. The first kappa shape index (κ1) is 16.0. The maximum absolute atomic E-state index is 12.3. The zero-order valence-corrected chi connectivity index (χ0v) is 13.4. The summed E-state index contributed by atoms with van der Waals surface area (Å²) in [6.45, 7) is 5.73. The Morgan fingerprint density at radius 1 is 1.48 bits per heavy atom. The van der Waals surface area contributed by atoms with Crippen molar-refractivity contribution in [2.45, 2.75) is 58.5 Å². The summed E-state index contributed by atoms with van der Waals surface area (Å²) in [4.78, 5) is 14.5. The summed E-state index contributed by atoms with van der Waals surface area (Å²) in [6.07, 6.45) is 5.37. The Hall–Kier alpha value is -1.36. The van der Waals surface area contributed by atoms with Crippen molar-refractivity contribution in [1.82, 2.24) is 15.4 Å². The van der Waals surface area contributed by atoms with E-state index >= 15 is 0 Å². The molecule has 0 radical (unpaired) electrons. The molecular weight excluding hydrogens is 266 g/mol. The third kappa shape index (κ3) is 4.84. The molecule has 1 aromatic heterocycles. The van der Waals surface area contributed by atoms with Crippen LogP contribution in [-0.4, -0.2) is 35.6 Å². The standard InChI is InChI=1S/C16H27N3O2/c1-12(2)9-13-10-14(21-18-13)11-17-16(20)15-7-5-4-6-8-19(15)3/h10,12,15H,4-9,11H2,1-3H3,(H,17,20)/t15-/m1/s1. The molecule has 5 nitrogen and oxygen atoms in total. The van der Waals surface area contributed by atoms with Gasteiger partial charge in [-0.25, -0.2) is 0 Å². The summed E-state index contributed by atoms with van der Waals surface area (Å²) < 4.78 is 5.28. The lowest BCUT2D eigenvalue weighted by molar-refractivity contribution is -0.126. The molecule has 0 spiro atoms. The highest BCUT2D eigenvalue weighted by Gasteiger charge is 2.24. The first-order chi connectivity index (χ1) is 10.1. The minimum atomic E-state index is -0.00874. The highest BCUT2D eigenvalue weighted by atomic mass is 16.5. The smallest absolute Gasteiger partial charge is 0.237 e. The van der Waals surface area contributed by atoms with Crippen LogP contribution >= 0.6 is 0 Å². The molecule has 1 fully saturated rings. The number of likely N-dealkylation sites (tertiary alicyclic amines) is 1. The number of carbonyl (C=O) groups is 1. The van der Waals surface area contributed by atoms with E-state index < -0.39 is 0 Å². The monoisotopic (exact) mass is 293 g/mol. The summed E-state index contributed by atoms with van der Waals surface area (Å²) >= 11 is 0. The summed E-state index contributed by atoms with van der Waals surface area (Å²) in [5, 5.41) is 7.02. The largest absolute Gasteiger partial charge is 0.359 e. The topological polar surface area (TPSA) is 58.4 Å². The number of carbonyl (C=O) groups excluding carboxylic acids is 1. The molecule has 0 aromatic carbocycles. The summed E-state index contributed by atoms with van der Waals surface area (Å²) in [5.74, 6) is 1.38. The molecule has 1 amide bonds. The highest BCUT2D eigenvalue weighted by Crippen LogP contribution is 2.15. The molecule has 2 heterocycles. The number of nitrogens with one attached hydrogen (secondary N) is 1. The summed E-state index contributed by atoms with van der Waals surface area (Å²) in [6, 6.07) is 1.93. The molecule has 0 unspecified atom stereocenters. The summed E-state index contributed by atoms with van der Waals surface area (Å²) in [5.41, 5.74) is 0.959. The van der Waals surface area contributed by atoms with Gasteiger partial charge in [0.15, 0.2) is 5.76 Å².